The Morgan fingerprint density at radius 1 is 1.37 bits per heavy atom. The molecule has 0 aliphatic carbocycles. The SMILES string of the molecule is CCN(N)S(=O)(=O)c1ccc(C(CC2CCOCC2)C(=O)Nc2ncc(Cl)s2)cc1. The molecule has 0 radical (unpaired) electrons. The first kappa shape index (κ1) is 23.1. The Bertz CT molecular complexity index is 959. The average molecular weight is 473 g/mol. The highest BCUT2D eigenvalue weighted by molar-refractivity contribution is 7.89. The molecule has 1 fully saturated rings. The van der Waals surface area contributed by atoms with E-state index in [4.69, 9.17) is 22.2 Å². The summed E-state index contributed by atoms with van der Waals surface area (Å²) < 4.78 is 31.6. The van der Waals surface area contributed by atoms with Crippen LogP contribution in [0.1, 0.15) is 37.7 Å². The van der Waals surface area contributed by atoms with Gasteiger partial charge < -0.3 is 10.1 Å². The summed E-state index contributed by atoms with van der Waals surface area (Å²) in [7, 11) is -3.75. The normalized spacial score (nSPS) is 16.5. The predicted molar refractivity (Wildman–Crippen MR) is 117 cm³/mol. The molecule has 0 bridgehead atoms. The van der Waals surface area contributed by atoms with Gasteiger partial charge in [0.15, 0.2) is 5.13 Å². The molecule has 1 aromatic heterocycles. The Labute approximate surface area is 185 Å². The maximum Gasteiger partial charge on any atom is 0.255 e. The summed E-state index contributed by atoms with van der Waals surface area (Å²) in [6.45, 7) is 3.18. The highest BCUT2D eigenvalue weighted by Gasteiger charge is 2.28. The van der Waals surface area contributed by atoms with E-state index in [2.05, 4.69) is 10.3 Å². The van der Waals surface area contributed by atoms with Gasteiger partial charge in [0.2, 0.25) is 5.91 Å². The van der Waals surface area contributed by atoms with Crippen LogP contribution in [-0.2, 0) is 19.6 Å². The topological polar surface area (TPSA) is 115 Å². The Balaban J connectivity index is 1.84. The van der Waals surface area contributed by atoms with Gasteiger partial charge in [0.05, 0.1) is 17.0 Å². The average Bonchev–Trinajstić information content (AvgIpc) is 3.16. The molecule has 1 atom stereocenters. The fourth-order valence-electron chi connectivity index (χ4n) is 3.39. The lowest BCUT2D eigenvalue weighted by atomic mass is 9.84. The quantitative estimate of drug-likeness (QED) is 0.450. The van der Waals surface area contributed by atoms with Gasteiger partial charge in [-0.1, -0.05) is 35.1 Å². The van der Waals surface area contributed by atoms with Crippen molar-refractivity contribution in [3.8, 4) is 0 Å². The molecule has 30 heavy (non-hydrogen) atoms. The number of halogens is 1. The fraction of sp³-hybridized carbons (Fsp3) is 0.474. The number of carbonyl (C=O) groups excluding carboxylic acids is 1. The highest BCUT2D eigenvalue weighted by atomic mass is 35.5. The van der Waals surface area contributed by atoms with E-state index in [1.807, 2.05) is 0 Å². The largest absolute Gasteiger partial charge is 0.381 e. The minimum absolute atomic E-state index is 0.0903. The van der Waals surface area contributed by atoms with Crippen molar-refractivity contribution >= 4 is 44.0 Å². The van der Waals surface area contributed by atoms with Crippen LogP contribution in [0.15, 0.2) is 35.4 Å². The first-order chi connectivity index (χ1) is 14.3. The maximum absolute atomic E-state index is 13.1. The molecule has 0 saturated carbocycles. The van der Waals surface area contributed by atoms with Gasteiger partial charge in [-0.15, -0.1) is 4.41 Å². The molecule has 8 nitrogen and oxygen atoms in total. The summed E-state index contributed by atoms with van der Waals surface area (Å²) in [6.07, 6.45) is 3.90. The number of aromatic nitrogens is 1. The molecule has 3 N–H and O–H groups in total. The summed E-state index contributed by atoms with van der Waals surface area (Å²) in [5, 5.41) is 3.26. The second-order valence-corrected chi connectivity index (χ2v) is 10.6. The summed E-state index contributed by atoms with van der Waals surface area (Å²) in [5.74, 6) is 5.29. The van der Waals surface area contributed by atoms with Crippen LogP contribution >= 0.6 is 22.9 Å². The lowest BCUT2D eigenvalue weighted by Crippen LogP contribution is -2.37. The van der Waals surface area contributed by atoms with Gasteiger partial charge in [-0.3, -0.25) is 10.6 Å². The lowest BCUT2D eigenvalue weighted by Gasteiger charge is -2.26. The van der Waals surface area contributed by atoms with Crippen LogP contribution in [0.3, 0.4) is 0 Å². The second kappa shape index (κ2) is 10.2. The Hall–Kier alpha value is -1.56. The van der Waals surface area contributed by atoms with Crippen molar-refractivity contribution in [2.24, 2.45) is 11.8 Å². The van der Waals surface area contributed by atoms with E-state index in [-0.39, 0.29) is 17.3 Å². The summed E-state index contributed by atoms with van der Waals surface area (Å²) in [6, 6.07) is 6.33. The van der Waals surface area contributed by atoms with Crippen LogP contribution in [0.5, 0.6) is 0 Å². The second-order valence-electron chi connectivity index (χ2n) is 7.08. The van der Waals surface area contributed by atoms with Crippen LogP contribution in [0.2, 0.25) is 4.34 Å². The lowest BCUT2D eigenvalue weighted by molar-refractivity contribution is -0.118. The zero-order valence-electron chi connectivity index (χ0n) is 16.6. The number of hydrogen-bond donors (Lipinski definition) is 2. The Morgan fingerprint density at radius 2 is 2.03 bits per heavy atom. The number of benzene rings is 1. The van der Waals surface area contributed by atoms with Gasteiger partial charge in [0.25, 0.3) is 10.0 Å². The molecule has 1 saturated heterocycles. The Kier molecular flexibility index (Phi) is 7.83. The Morgan fingerprint density at radius 3 is 2.60 bits per heavy atom. The van der Waals surface area contributed by atoms with Crippen molar-refractivity contribution in [3.63, 3.8) is 0 Å². The number of nitrogens with one attached hydrogen (secondary N) is 1. The number of ether oxygens (including phenoxy) is 1. The zero-order chi connectivity index (χ0) is 21.7. The van der Waals surface area contributed by atoms with Crippen molar-refractivity contribution in [1.82, 2.24) is 9.40 Å². The summed E-state index contributed by atoms with van der Waals surface area (Å²) in [4.78, 5) is 17.2. The molecule has 1 amide bonds. The first-order valence-electron chi connectivity index (χ1n) is 9.68. The van der Waals surface area contributed by atoms with Gasteiger partial charge in [-0.05, 0) is 49.8 Å². The molecule has 1 aliphatic rings. The van der Waals surface area contributed by atoms with E-state index >= 15 is 0 Å². The number of carbonyl (C=O) groups is 1. The monoisotopic (exact) mass is 472 g/mol. The van der Waals surface area contributed by atoms with E-state index in [1.54, 1.807) is 19.1 Å². The van der Waals surface area contributed by atoms with E-state index < -0.39 is 15.9 Å². The summed E-state index contributed by atoms with van der Waals surface area (Å²) >= 11 is 7.10. The number of thiazole rings is 1. The molecule has 1 aromatic carbocycles. The van der Waals surface area contributed by atoms with Crippen molar-refractivity contribution in [1.29, 1.82) is 0 Å². The zero-order valence-corrected chi connectivity index (χ0v) is 19.0. The first-order valence-corrected chi connectivity index (χ1v) is 12.3. The molecule has 2 aromatic rings. The number of rotatable bonds is 8. The molecule has 11 heteroatoms. The van der Waals surface area contributed by atoms with Crippen molar-refractivity contribution in [3.05, 3.63) is 40.4 Å². The van der Waals surface area contributed by atoms with E-state index in [1.165, 1.54) is 29.7 Å². The number of nitrogens with zero attached hydrogens (tertiary/aromatic N) is 2. The molecule has 3 rings (SSSR count). The van der Waals surface area contributed by atoms with Crippen molar-refractivity contribution in [2.75, 3.05) is 25.1 Å². The number of amides is 1. The fourth-order valence-corrected chi connectivity index (χ4v) is 5.30. The molecule has 164 valence electrons. The standard InChI is InChI=1S/C19H25ClN4O4S2/c1-2-24(21)30(26,27)15-5-3-14(4-6-15)16(11-13-7-9-28-10-8-13)18(25)23-19-22-12-17(20)29-19/h3-6,12-13,16H,2,7-11,21H2,1H3,(H,22,23,25). The molecule has 0 spiro atoms. The van der Waals surface area contributed by atoms with Gasteiger partial charge in [0, 0.05) is 19.8 Å². The number of nitrogens with two attached hydrogens (primary N) is 1. The van der Waals surface area contributed by atoms with Gasteiger partial charge in [-0.2, -0.15) is 0 Å². The molecular weight excluding hydrogens is 448 g/mol. The third-order valence-corrected chi connectivity index (χ3v) is 7.91. The molecule has 2 heterocycles. The van der Waals surface area contributed by atoms with E-state index in [0.29, 0.717) is 35.0 Å². The number of sulfonamides is 1. The third-order valence-electron chi connectivity index (χ3n) is 5.13. The number of anilines is 1. The van der Waals surface area contributed by atoms with Gasteiger partial charge >= 0.3 is 0 Å². The molecular formula is C19H25ClN4O4S2. The third kappa shape index (κ3) is 5.57. The minimum Gasteiger partial charge on any atom is -0.381 e. The van der Waals surface area contributed by atoms with Crippen LogP contribution < -0.4 is 11.2 Å². The van der Waals surface area contributed by atoms with Crippen LogP contribution in [-0.4, -0.2) is 43.5 Å². The van der Waals surface area contributed by atoms with E-state index in [9.17, 15) is 13.2 Å². The van der Waals surface area contributed by atoms with Crippen LogP contribution in [0, 0.1) is 5.92 Å². The maximum atomic E-state index is 13.1. The number of hydrogen-bond acceptors (Lipinski definition) is 7. The highest BCUT2D eigenvalue weighted by Crippen LogP contribution is 2.32. The van der Waals surface area contributed by atoms with Crippen molar-refractivity contribution < 1.29 is 17.9 Å². The number of hydrazine groups is 1. The minimum atomic E-state index is -3.75. The van der Waals surface area contributed by atoms with Gasteiger partial charge in [0.1, 0.15) is 4.34 Å². The summed E-state index contributed by atoms with van der Waals surface area (Å²) in [5.41, 5.74) is 0.737. The van der Waals surface area contributed by atoms with Crippen molar-refractivity contribution in [2.45, 2.75) is 37.0 Å². The van der Waals surface area contributed by atoms with Crippen LogP contribution in [0.25, 0.3) is 0 Å². The van der Waals surface area contributed by atoms with Crippen LogP contribution in [0.4, 0.5) is 5.13 Å². The van der Waals surface area contributed by atoms with Gasteiger partial charge in [-0.25, -0.2) is 13.4 Å². The molecule has 1 aliphatic heterocycles. The molecule has 1 unspecified atom stereocenters. The smallest absolute Gasteiger partial charge is 0.255 e. The predicted octanol–water partition coefficient (Wildman–Crippen LogP) is 3.22. The van der Waals surface area contributed by atoms with E-state index in [0.717, 1.165) is 22.8 Å².